The van der Waals surface area contributed by atoms with Gasteiger partial charge in [-0.05, 0) is 55.5 Å². The number of carbonyl (C=O) groups is 2. The summed E-state index contributed by atoms with van der Waals surface area (Å²) in [6.45, 7) is 4.01. The Labute approximate surface area is 173 Å². The second kappa shape index (κ2) is 6.55. The van der Waals surface area contributed by atoms with Crippen molar-refractivity contribution >= 4 is 23.2 Å². The Bertz CT molecular complexity index is 1170. The van der Waals surface area contributed by atoms with Gasteiger partial charge >= 0.3 is 12.0 Å². The average Bonchev–Trinajstić information content (AvgIpc) is 3.16. The Hall–Kier alpha value is -3.42. The lowest BCUT2D eigenvalue weighted by molar-refractivity contribution is -0.173. The van der Waals surface area contributed by atoms with Gasteiger partial charge in [0.05, 0.1) is 11.7 Å². The molecule has 2 aliphatic heterocycles. The Morgan fingerprint density at radius 2 is 2.10 bits per heavy atom. The minimum absolute atomic E-state index is 0.0192. The molecule has 2 amide bonds. The molecule has 2 saturated heterocycles. The first-order valence-electron chi connectivity index (χ1n) is 10.1. The molecule has 3 atom stereocenters. The van der Waals surface area contributed by atoms with E-state index in [0.29, 0.717) is 30.3 Å². The van der Waals surface area contributed by atoms with Gasteiger partial charge in [0, 0.05) is 29.9 Å². The van der Waals surface area contributed by atoms with E-state index in [2.05, 4.69) is 15.4 Å². The van der Waals surface area contributed by atoms with Crippen molar-refractivity contribution in [1.29, 1.82) is 0 Å². The van der Waals surface area contributed by atoms with E-state index in [4.69, 9.17) is 0 Å². The molecule has 2 N–H and O–H groups in total. The Morgan fingerprint density at radius 3 is 2.90 bits per heavy atom. The van der Waals surface area contributed by atoms with Crippen molar-refractivity contribution < 1.29 is 14.7 Å². The second-order valence-corrected chi connectivity index (χ2v) is 8.53. The summed E-state index contributed by atoms with van der Waals surface area (Å²) >= 11 is 0. The van der Waals surface area contributed by atoms with Gasteiger partial charge < -0.3 is 15.3 Å². The summed E-state index contributed by atoms with van der Waals surface area (Å²) in [6.07, 6.45) is 5.48. The maximum atomic E-state index is 13.0. The number of aromatic nitrogens is 3. The number of aliphatic carboxylic acids is 1. The number of carbonyl (C=O) groups excluding carboxylic acids is 1. The summed E-state index contributed by atoms with van der Waals surface area (Å²) in [7, 11) is 0. The number of rotatable bonds is 3. The van der Waals surface area contributed by atoms with E-state index in [1.54, 1.807) is 10.7 Å². The minimum atomic E-state index is -1.08. The van der Waals surface area contributed by atoms with Crippen molar-refractivity contribution in [3.8, 4) is 11.4 Å². The van der Waals surface area contributed by atoms with E-state index in [-0.39, 0.29) is 12.1 Å². The van der Waals surface area contributed by atoms with Gasteiger partial charge in [0.1, 0.15) is 5.54 Å². The molecule has 0 spiro atoms. The van der Waals surface area contributed by atoms with Crippen LogP contribution in [0.3, 0.4) is 0 Å². The first-order valence-corrected chi connectivity index (χ1v) is 10.1. The molecule has 2 aromatic heterocycles. The second-order valence-electron chi connectivity index (χ2n) is 8.53. The zero-order valence-corrected chi connectivity index (χ0v) is 16.9. The SMILES string of the molecule is Cc1ccc(NC(=O)N2[C@H]3C[C@@H](C)CC2(C(=O)O)C3)cc1-c1ncc2cccn2n1. The summed E-state index contributed by atoms with van der Waals surface area (Å²) < 4.78 is 1.76. The van der Waals surface area contributed by atoms with Gasteiger partial charge in [-0.3, -0.25) is 0 Å². The van der Waals surface area contributed by atoms with E-state index in [9.17, 15) is 14.7 Å². The van der Waals surface area contributed by atoms with E-state index in [1.165, 1.54) is 4.90 Å². The molecule has 8 nitrogen and oxygen atoms in total. The lowest BCUT2D eigenvalue weighted by atomic mass is 9.64. The van der Waals surface area contributed by atoms with Crippen molar-refractivity contribution in [2.75, 3.05) is 5.32 Å². The molecule has 0 saturated carbocycles. The van der Waals surface area contributed by atoms with Crippen LogP contribution >= 0.6 is 0 Å². The Balaban J connectivity index is 1.42. The number of fused-ring (bicyclic) bond motifs is 3. The largest absolute Gasteiger partial charge is 0.479 e. The fourth-order valence-corrected chi connectivity index (χ4v) is 5.03. The van der Waals surface area contributed by atoms with E-state index in [0.717, 1.165) is 23.1 Å². The number of carboxylic acid groups (broad SMARTS) is 1. The van der Waals surface area contributed by atoms with Crippen LogP contribution in [0.4, 0.5) is 10.5 Å². The van der Waals surface area contributed by atoms with Gasteiger partial charge in [-0.15, -0.1) is 5.10 Å². The van der Waals surface area contributed by atoms with Crippen LogP contribution in [0.5, 0.6) is 0 Å². The molecule has 0 aliphatic carbocycles. The van der Waals surface area contributed by atoms with Crippen LogP contribution in [0.25, 0.3) is 16.9 Å². The summed E-state index contributed by atoms with van der Waals surface area (Å²) in [5.74, 6) is -0.0574. The summed E-state index contributed by atoms with van der Waals surface area (Å²) in [6, 6.07) is 9.00. The molecule has 1 unspecified atom stereocenters. The smallest absolute Gasteiger partial charge is 0.329 e. The molecule has 5 rings (SSSR count). The predicted molar refractivity (Wildman–Crippen MR) is 111 cm³/mol. The van der Waals surface area contributed by atoms with Gasteiger partial charge in [-0.2, -0.15) is 0 Å². The molecule has 4 heterocycles. The van der Waals surface area contributed by atoms with Crippen molar-refractivity contribution in [1.82, 2.24) is 19.5 Å². The number of nitrogens with zero attached hydrogens (tertiary/aromatic N) is 4. The number of hydrogen-bond donors (Lipinski definition) is 2. The number of nitrogens with one attached hydrogen (secondary N) is 1. The van der Waals surface area contributed by atoms with Crippen molar-refractivity contribution in [2.45, 2.75) is 44.7 Å². The summed E-state index contributed by atoms with van der Waals surface area (Å²) in [5.41, 5.74) is 2.21. The molecule has 154 valence electrons. The highest BCUT2D eigenvalue weighted by Gasteiger charge is 2.63. The molecule has 2 aliphatic rings. The van der Waals surface area contributed by atoms with Gasteiger partial charge in [-0.25, -0.2) is 19.1 Å². The first kappa shape index (κ1) is 18.6. The molecular weight excluding hydrogens is 382 g/mol. The third-order valence-electron chi connectivity index (χ3n) is 6.39. The van der Waals surface area contributed by atoms with Crippen LogP contribution in [-0.2, 0) is 4.79 Å². The average molecular weight is 405 g/mol. The van der Waals surface area contributed by atoms with Crippen molar-refractivity contribution in [3.05, 3.63) is 48.3 Å². The predicted octanol–water partition coefficient (Wildman–Crippen LogP) is 3.56. The molecule has 8 heteroatoms. The molecule has 2 bridgehead atoms. The number of carboxylic acids is 1. The Morgan fingerprint density at radius 1 is 1.27 bits per heavy atom. The maximum absolute atomic E-state index is 13.0. The van der Waals surface area contributed by atoms with Crippen LogP contribution in [-0.4, -0.2) is 48.2 Å². The highest BCUT2D eigenvalue weighted by molar-refractivity contribution is 5.96. The van der Waals surface area contributed by atoms with Gasteiger partial charge in [-0.1, -0.05) is 13.0 Å². The highest BCUT2D eigenvalue weighted by atomic mass is 16.4. The number of benzene rings is 1. The monoisotopic (exact) mass is 405 g/mol. The third-order valence-corrected chi connectivity index (χ3v) is 6.39. The van der Waals surface area contributed by atoms with Crippen LogP contribution < -0.4 is 5.32 Å². The summed E-state index contributed by atoms with van der Waals surface area (Å²) in [5, 5.41) is 17.2. The fourth-order valence-electron chi connectivity index (χ4n) is 5.03. The molecule has 2 fully saturated rings. The molecule has 30 heavy (non-hydrogen) atoms. The van der Waals surface area contributed by atoms with Gasteiger partial charge in [0.25, 0.3) is 0 Å². The molecule has 3 aromatic rings. The number of amides is 2. The zero-order chi connectivity index (χ0) is 21.0. The van der Waals surface area contributed by atoms with Crippen molar-refractivity contribution in [3.63, 3.8) is 0 Å². The zero-order valence-electron chi connectivity index (χ0n) is 16.9. The topological polar surface area (TPSA) is 99.8 Å². The molecule has 0 radical (unpaired) electrons. The van der Waals surface area contributed by atoms with Crippen LogP contribution in [0.1, 0.15) is 31.7 Å². The number of urea groups is 1. The number of anilines is 1. The van der Waals surface area contributed by atoms with Crippen molar-refractivity contribution in [2.24, 2.45) is 5.92 Å². The Kier molecular flexibility index (Phi) is 4.06. The van der Waals surface area contributed by atoms with Gasteiger partial charge in [0.15, 0.2) is 5.82 Å². The number of hydrogen-bond acceptors (Lipinski definition) is 4. The highest BCUT2D eigenvalue weighted by Crippen LogP contribution is 2.50. The lowest BCUT2D eigenvalue weighted by Crippen LogP contribution is -2.75. The van der Waals surface area contributed by atoms with Crippen LogP contribution in [0, 0.1) is 12.8 Å². The normalized spacial score (nSPS) is 25.1. The quantitative estimate of drug-likeness (QED) is 0.694. The maximum Gasteiger partial charge on any atom is 0.329 e. The van der Waals surface area contributed by atoms with Crippen LogP contribution in [0.2, 0.25) is 0 Å². The summed E-state index contributed by atoms with van der Waals surface area (Å²) in [4.78, 5) is 30.9. The number of aryl methyl sites for hydroxylation is 1. The minimum Gasteiger partial charge on any atom is -0.479 e. The van der Waals surface area contributed by atoms with Gasteiger partial charge in [0.2, 0.25) is 0 Å². The number of piperidine rings is 1. The van der Waals surface area contributed by atoms with Crippen LogP contribution in [0.15, 0.2) is 42.7 Å². The standard InChI is InChI=1S/C22H23N5O3/c1-13-8-17-11-22(10-13,20(28)29)27(17)21(30)24-15-6-5-14(2)18(9-15)19-23-12-16-4-3-7-26(16)25-19/h3-7,9,12-13,17H,8,10-11H2,1-2H3,(H,24,30)(H,28,29)/t13-,17+,22?/m1/s1. The fraction of sp³-hybridized carbons (Fsp3) is 0.364. The molecular formula is C22H23N5O3. The first-order chi connectivity index (χ1) is 14.4. The third kappa shape index (κ3) is 2.74. The lowest BCUT2D eigenvalue weighted by Gasteiger charge is -2.60. The van der Waals surface area contributed by atoms with E-state index < -0.39 is 11.5 Å². The van der Waals surface area contributed by atoms with E-state index in [1.807, 2.05) is 50.4 Å². The van der Waals surface area contributed by atoms with E-state index >= 15 is 0 Å². The molecule has 1 aromatic carbocycles.